The van der Waals surface area contributed by atoms with E-state index in [0.29, 0.717) is 18.7 Å². The third kappa shape index (κ3) is 9.39. The van der Waals surface area contributed by atoms with Gasteiger partial charge >= 0.3 is 6.09 Å². The van der Waals surface area contributed by atoms with Gasteiger partial charge in [0.15, 0.2) is 0 Å². The molecule has 220 valence electrons. The fourth-order valence-corrected chi connectivity index (χ4v) is 4.69. The molecule has 0 aliphatic carbocycles. The van der Waals surface area contributed by atoms with Gasteiger partial charge < -0.3 is 20.3 Å². The predicted molar refractivity (Wildman–Crippen MR) is 162 cm³/mol. The van der Waals surface area contributed by atoms with Gasteiger partial charge in [0.2, 0.25) is 5.91 Å². The lowest BCUT2D eigenvalue weighted by atomic mass is 9.93. The van der Waals surface area contributed by atoms with Crippen molar-refractivity contribution in [3.8, 4) is 0 Å². The number of carbonyl (C=O) groups excluding carboxylic acids is 3. The van der Waals surface area contributed by atoms with Crippen LogP contribution >= 0.6 is 0 Å². The summed E-state index contributed by atoms with van der Waals surface area (Å²) in [5.41, 5.74) is 3.70. The third-order valence-electron chi connectivity index (χ3n) is 7.12. The van der Waals surface area contributed by atoms with Gasteiger partial charge in [-0.25, -0.2) is 4.79 Å². The summed E-state index contributed by atoms with van der Waals surface area (Å²) in [7, 11) is 0. The van der Waals surface area contributed by atoms with E-state index in [2.05, 4.69) is 17.6 Å². The highest BCUT2D eigenvalue weighted by Crippen LogP contribution is 2.30. The van der Waals surface area contributed by atoms with Crippen LogP contribution < -0.4 is 10.6 Å². The molecule has 0 aliphatic heterocycles. The van der Waals surface area contributed by atoms with Gasteiger partial charge in [-0.1, -0.05) is 82.0 Å². The molecular formula is C33H49N3O4. The number of nitrogens with one attached hydrogen (secondary N) is 2. The minimum Gasteiger partial charge on any atom is -0.444 e. The molecule has 0 aliphatic rings. The third-order valence-corrected chi connectivity index (χ3v) is 7.12. The molecule has 0 bridgehead atoms. The maximum atomic E-state index is 14.4. The van der Waals surface area contributed by atoms with Crippen molar-refractivity contribution < 1.29 is 19.1 Å². The number of ether oxygens (including phenoxy) is 1. The van der Waals surface area contributed by atoms with E-state index in [0.717, 1.165) is 41.5 Å². The summed E-state index contributed by atoms with van der Waals surface area (Å²) in [6.45, 7) is 17.7. The van der Waals surface area contributed by atoms with Crippen LogP contribution in [0.1, 0.15) is 95.5 Å². The largest absolute Gasteiger partial charge is 0.444 e. The summed E-state index contributed by atoms with van der Waals surface area (Å²) in [5.74, 6) is -0.750. The van der Waals surface area contributed by atoms with Crippen molar-refractivity contribution in [3.05, 3.63) is 64.7 Å². The molecule has 0 heterocycles. The highest BCUT2D eigenvalue weighted by molar-refractivity contribution is 5.99. The molecule has 2 aromatic carbocycles. The molecule has 3 unspecified atom stereocenters. The first kappa shape index (κ1) is 32.9. The van der Waals surface area contributed by atoms with E-state index in [-0.39, 0.29) is 17.7 Å². The van der Waals surface area contributed by atoms with Crippen LogP contribution in [0.15, 0.2) is 42.5 Å². The van der Waals surface area contributed by atoms with Gasteiger partial charge in [-0.15, -0.1) is 0 Å². The minimum absolute atomic E-state index is 0.173. The first-order chi connectivity index (χ1) is 18.8. The molecule has 0 fully saturated rings. The van der Waals surface area contributed by atoms with Crippen LogP contribution in [0.2, 0.25) is 0 Å². The van der Waals surface area contributed by atoms with Crippen LogP contribution in [-0.2, 0) is 14.3 Å². The Morgan fingerprint density at radius 2 is 1.62 bits per heavy atom. The minimum atomic E-state index is -0.878. The molecule has 0 spiro atoms. The Morgan fingerprint density at radius 3 is 2.20 bits per heavy atom. The van der Waals surface area contributed by atoms with E-state index < -0.39 is 23.8 Å². The molecule has 0 saturated carbocycles. The number of nitrogens with zero attached hydrogens (tertiary/aromatic N) is 1. The molecule has 2 aromatic rings. The number of unbranched alkanes of at least 4 members (excludes halogenated alkanes) is 2. The van der Waals surface area contributed by atoms with Crippen LogP contribution in [0.3, 0.4) is 0 Å². The lowest BCUT2D eigenvalue weighted by Crippen LogP contribution is -2.55. The van der Waals surface area contributed by atoms with E-state index in [1.54, 1.807) is 25.7 Å². The Balaban J connectivity index is 2.62. The monoisotopic (exact) mass is 551 g/mol. The molecule has 0 aromatic heterocycles. The topological polar surface area (TPSA) is 87.7 Å². The number of anilines is 1. The number of amides is 3. The van der Waals surface area contributed by atoms with Crippen molar-refractivity contribution in [2.24, 2.45) is 5.92 Å². The Morgan fingerprint density at radius 1 is 0.950 bits per heavy atom. The van der Waals surface area contributed by atoms with Gasteiger partial charge in [0.25, 0.3) is 5.91 Å². The lowest BCUT2D eigenvalue weighted by Gasteiger charge is -2.36. The molecule has 40 heavy (non-hydrogen) atoms. The molecule has 3 atom stereocenters. The Hall–Kier alpha value is -3.35. The van der Waals surface area contributed by atoms with Crippen molar-refractivity contribution >= 4 is 23.6 Å². The molecule has 2 rings (SSSR count). The summed E-state index contributed by atoms with van der Waals surface area (Å²) in [6.07, 6.45) is 2.64. The molecular weight excluding hydrogens is 502 g/mol. The van der Waals surface area contributed by atoms with Crippen LogP contribution in [0.5, 0.6) is 0 Å². The zero-order valence-corrected chi connectivity index (χ0v) is 25.9. The zero-order chi connectivity index (χ0) is 30.0. The van der Waals surface area contributed by atoms with Gasteiger partial charge in [-0.3, -0.25) is 9.59 Å². The highest BCUT2D eigenvalue weighted by Gasteiger charge is 2.38. The average Bonchev–Trinajstić information content (AvgIpc) is 2.87. The second-order valence-electron chi connectivity index (χ2n) is 11.8. The molecule has 0 saturated heterocycles. The van der Waals surface area contributed by atoms with Crippen LogP contribution in [0.4, 0.5) is 10.5 Å². The summed E-state index contributed by atoms with van der Waals surface area (Å²) in [6, 6.07) is 11.8. The van der Waals surface area contributed by atoms with Crippen LogP contribution in [-0.4, -0.2) is 41.0 Å². The van der Waals surface area contributed by atoms with Crippen molar-refractivity contribution in [2.75, 3.05) is 11.9 Å². The highest BCUT2D eigenvalue weighted by atomic mass is 16.6. The quantitative estimate of drug-likeness (QED) is 0.272. The van der Waals surface area contributed by atoms with Gasteiger partial charge in [0.1, 0.15) is 17.7 Å². The molecule has 7 nitrogen and oxygen atoms in total. The van der Waals surface area contributed by atoms with E-state index >= 15 is 0 Å². The lowest BCUT2D eigenvalue weighted by molar-refractivity contribution is -0.142. The number of benzene rings is 2. The SMILES string of the molecule is CCCCCN(C(=O)C(NC(=O)OC(C)(C)C)C(C)CC)C(C(=O)Nc1ccccc1C)c1ccc(C)cc1C. The summed E-state index contributed by atoms with van der Waals surface area (Å²) in [5, 5.41) is 5.92. The van der Waals surface area contributed by atoms with Crippen molar-refractivity contribution in [1.82, 2.24) is 10.2 Å². The normalized spacial score (nSPS) is 13.6. The Bertz CT molecular complexity index is 1150. The Labute approximate surface area is 241 Å². The number of hydrogen-bond acceptors (Lipinski definition) is 4. The maximum Gasteiger partial charge on any atom is 0.408 e. The molecule has 0 radical (unpaired) electrons. The second-order valence-corrected chi connectivity index (χ2v) is 11.8. The number of aryl methyl sites for hydroxylation is 3. The van der Waals surface area contributed by atoms with Gasteiger partial charge in [-0.2, -0.15) is 0 Å². The number of para-hydroxylation sites is 1. The fourth-order valence-electron chi connectivity index (χ4n) is 4.69. The van der Waals surface area contributed by atoms with E-state index in [9.17, 15) is 14.4 Å². The van der Waals surface area contributed by atoms with Gasteiger partial charge in [-0.05, 0) is 76.6 Å². The van der Waals surface area contributed by atoms with Crippen molar-refractivity contribution in [1.29, 1.82) is 0 Å². The maximum absolute atomic E-state index is 14.4. The predicted octanol–water partition coefficient (Wildman–Crippen LogP) is 7.25. The van der Waals surface area contributed by atoms with Crippen LogP contribution in [0, 0.1) is 26.7 Å². The number of rotatable bonds is 12. The number of hydrogen-bond donors (Lipinski definition) is 2. The first-order valence-corrected chi connectivity index (χ1v) is 14.5. The van der Waals surface area contributed by atoms with Crippen molar-refractivity contribution in [2.45, 2.75) is 106 Å². The zero-order valence-electron chi connectivity index (χ0n) is 25.9. The standard InChI is InChI=1S/C33H49N3O4/c1-10-12-15-20-36(31(38)28(23(4)11-2)35-32(39)40-33(7,8)9)29(26-19-18-22(3)21-25(26)6)30(37)34-27-17-14-13-16-24(27)5/h13-14,16-19,21,23,28-29H,10-12,15,20H2,1-9H3,(H,34,37)(H,35,39). The number of carbonyl (C=O) groups is 3. The van der Waals surface area contributed by atoms with Gasteiger partial charge in [0, 0.05) is 12.2 Å². The molecule has 2 N–H and O–H groups in total. The summed E-state index contributed by atoms with van der Waals surface area (Å²) >= 11 is 0. The summed E-state index contributed by atoms with van der Waals surface area (Å²) in [4.78, 5) is 43.1. The van der Waals surface area contributed by atoms with E-state index in [4.69, 9.17) is 4.74 Å². The molecule has 7 heteroatoms. The molecule has 3 amide bonds. The van der Waals surface area contributed by atoms with E-state index in [1.165, 1.54) is 0 Å². The summed E-state index contributed by atoms with van der Waals surface area (Å²) < 4.78 is 5.51. The van der Waals surface area contributed by atoms with Crippen LogP contribution in [0.25, 0.3) is 0 Å². The average molecular weight is 552 g/mol. The first-order valence-electron chi connectivity index (χ1n) is 14.5. The second kappa shape index (κ2) is 14.9. The Kier molecular flexibility index (Phi) is 12.2. The van der Waals surface area contributed by atoms with E-state index in [1.807, 2.05) is 77.1 Å². The smallest absolute Gasteiger partial charge is 0.408 e. The fraction of sp³-hybridized carbons (Fsp3) is 0.545. The van der Waals surface area contributed by atoms with Crippen molar-refractivity contribution in [3.63, 3.8) is 0 Å². The van der Waals surface area contributed by atoms with Gasteiger partial charge in [0.05, 0.1) is 0 Å². The number of alkyl carbamates (subject to hydrolysis) is 1.